The van der Waals surface area contributed by atoms with Crippen molar-refractivity contribution in [1.29, 1.82) is 0 Å². The Hall–Kier alpha value is -3.53. The third kappa shape index (κ3) is 4.80. The molecule has 0 saturated heterocycles. The number of aromatic nitrogens is 3. The van der Waals surface area contributed by atoms with Gasteiger partial charge < -0.3 is 15.4 Å². The Morgan fingerprint density at radius 3 is 2.61 bits per heavy atom. The lowest BCUT2D eigenvalue weighted by Crippen LogP contribution is -2.26. The number of amides is 2. The van der Waals surface area contributed by atoms with Crippen molar-refractivity contribution in [2.75, 3.05) is 10.6 Å². The molecule has 0 unspecified atom stereocenters. The summed E-state index contributed by atoms with van der Waals surface area (Å²) in [5, 5.41) is 10.9. The minimum absolute atomic E-state index is 0.159. The molecule has 31 heavy (non-hydrogen) atoms. The highest BCUT2D eigenvalue weighted by molar-refractivity contribution is 7.14. The van der Waals surface area contributed by atoms with Gasteiger partial charge in [-0.3, -0.25) is 10.1 Å². The van der Waals surface area contributed by atoms with Gasteiger partial charge in [0.15, 0.2) is 0 Å². The molecular formula is C21H20N6O3S. The number of ether oxygens (including phenoxy) is 1. The predicted molar refractivity (Wildman–Crippen MR) is 116 cm³/mol. The second-order valence-electron chi connectivity index (χ2n) is 7.54. The first-order valence-corrected chi connectivity index (χ1v) is 10.9. The van der Waals surface area contributed by atoms with Crippen molar-refractivity contribution >= 4 is 39.7 Å². The summed E-state index contributed by atoms with van der Waals surface area (Å²) in [4.78, 5) is 37.5. The molecule has 0 radical (unpaired) electrons. The van der Waals surface area contributed by atoms with Gasteiger partial charge >= 0.3 is 6.09 Å². The van der Waals surface area contributed by atoms with Gasteiger partial charge in [0.2, 0.25) is 5.88 Å². The Labute approximate surface area is 182 Å². The second-order valence-corrected chi connectivity index (χ2v) is 8.46. The van der Waals surface area contributed by atoms with E-state index in [0.717, 1.165) is 31.4 Å². The maximum atomic E-state index is 12.6. The number of nitrogens with zero attached hydrogens (tertiary/aromatic N) is 3. The number of carbonyl (C=O) groups excluding carboxylic acids is 2. The first-order chi connectivity index (χ1) is 15.2. The average molecular weight is 436 g/mol. The smallest absolute Gasteiger partial charge is 0.389 e. The van der Waals surface area contributed by atoms with Crippen molar-refractivity contribution in [2.24, 2.45) is 0 Å². The quantitative estimate of drug-likeness (QED) is 0.511. The molecule has 3 heterocycles. The number of rotatable bonds is 7. The molecule has 3 aromatic rings. The largest absolute Gasteiger partial charge is 0.419 e. The summed E-state index contributed by atoms with van der Waals surface area (Å²) in [6, 6.07) is 5.67. The topological polar surface area (TPSA) is 118 Å². The van der Waals surface area contributed by atoms with E-state index in [1.807, 2.05) is 12.1 Å². The normalized spacial score (nSPS) is 15.2. The zero-order valence-electron chi connectivity index (χ0n) is 16.5. The van der Waals surface area contributed by atoms with Crippen LogP contribution in [0.15, 0.2) is 42.3 Å². The summed E-state index contributed by atoms with van der Waals surface area (Å²) >= 11 is 1.26. The summed E-state index contributed by atoms with van der Waals surface area (Å²) < 4.78 is 5.55. The SMILES string of the molecule is O=C(Nc1sccc1C(=O)NC1CC1)Oc1nc(C2CC2)ccc1Nc1cncnc1. The highest BCUT2D eigenvalue weighted by atomic mass is 32.1. The van der Waals surface area contributed by atoms with Gasteiger partial charge in [0, 0.05) is 17.7 Å². The van der Waals surface area contributed by atoms with Crippen LogP contribution in [0.4, 0.5) is 21.2 Å². The van der Waals surface area contributed by atoms with Crippen LogP contribution in [-0.4, -0.2) is 33.0 Å². The van der Waals surface area contributed by atoms with Crippen LogP contribution in [0.1, 0.15) is 47.7 Å². The number of carbonyl (C=O) groups is 2. The molecular weight excluding hydrogens is 416 g/mol. The highest BCUT2D eigenvalue weighted by Gasteiger charge is 2.27. The zero-order chi connectivity index (χ0) is 21.2. The van der Waals surface area contributed by atoms with Crippen LogP contribution in [0.2, 0.25) is 0 Å². The number of hydrogen-bond donors (Lipinski definition) is 3. The molecule has 9 nitrogen and oxygen atoms in total. The van der Waals surface area contributed by atoms with E-state index in [0.29, 0.717) is 27.9 Å². The van der Waals surface area contributed by atoms with E-state index in [-0.39, 0.29) is 17.8 Å². The average Bonchev–Trinajstić information content (AvgIpc) is 3.70. The number of thiophene rings is 1. The van der Waals surface area contributed by atoms with E-state index in [2.05, 4.69) is 30.9 Å². The van der Waals surface area contributed by atoms with E-state index < -0.39 is 6.09 Å². The van der Waals surface area contributed by atoms with Gasteiger partial charge in [-0.05, 0) is 49.3 Å². The Morgan fingerprint density at radius 2 is 1.87 bits per heavy atom. The van der Waals surface area contributed by atoms with Gasteiger partial charge in [-0.1, -0.05) is 0 Å². The van der Waals surface area contributed by atoms with E-state index in [1.54, 1.807) is 23.8 Å². The fourth-order valence-corrected chi connectivity index (χ4v) is 3.81. The lowest BCUT2D eigenvalue weighted by atomic mass is 10.2. The second kappa shape index (κ2) is 8.31. The van der Waals surface area contributed by atoms with Crippen LogP contribution in [0, 0.1) is 0 Å². The van der Waals surface area contributed by atoms with Crippen LogP contribution in [0.5, 0.6) is 5.88 Å². The van der Waals surface area contributed by atoms with Crippen molar-refractivity contribution in [2.45, 2.75) is 37.6 Å². The summed E-state index contributed by atoms with van der Waals surface area (Å²) in [6.07, 6.45) is 8.08. The van der Waals surface area contributed by atoms with Crippen molar-refractivity contribution in [3.8, 4) is 5.88 Å². The van der Waals surface area contributed by atoms with Gasteiger partial charge in [-0.25, -0.2) is 19.7 Å². The number of hydrogen-bond acceptors (Lipinski definition) is 8. The number of nitrogens with one attached hydrogen (secondary N) is 3. The fraction of sp³-hybridized carbons (Fsp3) is 0.286. The van der Waals surface area contributed by atoms with E-state index in [4.69, 9.17) is 4.74 Å². The van der Waals surface area contributed by atoms with Crippen molar-refractivity contribution in [1.82, 2.24) is 20.3 Å². The molecule has 2 saturated carbocycles. The van der Waals surface area contributed by atoms with E-state index in [1.165, 1.54) is 17.7 Å². The van der Waals surface area contributed by atoms with Crippen LogP contribution < -0.4 is 20.7 Å². The lowest BCUT2D eigenvalue weighted by Gasteiger charge is -2.13. The molecule has 0 aromatic carbocycles. The molecule has 2 fully saturated rings. The summed E-state index contributed by atoms with van der Waals surface area (Å²) in [5.74, 6) is 0.361. The first kappa shape index (κ1) is 19.4. The van der Waals surface area contributed by atoms with Crippen LogP contribution in [-0.2, 0) is 0 Å². The minimum Gasteiger partial charge on any atom is -0.389 e. The van der Waals surface area contributed by atoms with Gasteiger partial charge in [0.1, 0.15) is 17.0 Å². The molecule has 0 spiro atoms. The summed E-state index contributed by atoms with van der Waals surface area (Å²) in [5.41, 5.74) is 2.48. The Kier molecular flexibility index (Phi) is 5.21. The monoisotopic (exact) mass is 436 g/mol. The number of anilines is 3. The van der Waals surface area contributed by atoms with Gasteiger partial charge in [0.05, 0.1) is 23.6 Å². The van der Waals surface area contributed by atoms with Crippen LogP contribution >= 0.6 is 11.3 Å². The Bertz CT molecular complexity index is 1110. The third-order valence-electron chi connectivity index (χ3n) is 4.94. The molecule has 0 aliphatic heterocycles. The highest BCUT2D eigenvalue weighted by Crippen LogP contribution is 2.41. The van der Waals surface area contributed by atoms with Gasteiger partial charge in [0.25, 0.3) is 5.91 Å². The van der Waals surface area contributed by atoms with Crippen molar-refractivity contribution in [3.63, 3.8) is 0 Å². The summed E-state index contributed by atoms with van der Waals surface area (Å²) in [7, 11) is 0. The van der Waals surface area contributed by atoms with Gasteiger partial charge in [-0.2, -0.15) is 0 Å². The maximum Gasteiger partial charge on any atom is 0.419 e. The third-order valence-corrected chi connectivity index (χ3v) is 5.77. The van der Waals surface area contributed by atoms with Crippen molar-refractivity contribution in [3.05, 3.63) is 53.6 Å². The standard InChI is InChI=1S/C21H20N6O3S/c28-18(25-13-3-4-13)15-7-8-31-20(15)27-21(29)30-19-17(24-14-9-22-11-23-10-14)6-5-16(26-19)12-1-2-12/h5-13,24H,1-4H2,(H,25,28)(H,27,29). The molecule has 0 bridgehead atoms. The summed E-state index contributed by atoms with van der Waals surface area (Å²) in [6.45, 7) is 0. The first-order valence-electron chi connectivity index (χ1n) is 10.1. The molecule has 10 heteroatoms. The fourth-order valence-electron chi connectivity index (χ4n) is 3.04. The molecule has 3 N–H and O–H groups in total. The van der Waals surface area contributed by atoms with Gasteiger partial charge in [-0.15, -0.1) is 11.3 Å². The zero-order valence-corrected chi connectivity index (χ0v) is 17.3. The lowest BCUT2D eigenvalue weighted by molar-refractivity contribution is 0.0952. The molecule has 2 aliphatic carbocycles. The van der Waals surface area contributed by atoms with Crippen LogP contribution in [0.25, 0.3) is 0 Å². The molecule has 158 valence electrons. The molecule has 2 amide bonds. The Balaban J connectivity index is 1.32. The molecule has 2 aliphatic rings. The minimum atomic E-state index is -0.712. The molecule has 0 atom stereocenters. The van der Waals surface area contributed by atoms with Crippen LogP contribution in [0.3, 0.4) is 0 Å². The predicted octanol–water partition coefficient (Wildman–Crippen LogP) is 4.06. The van der Waals surface area contributed by atoms with Crippen molar-refractivity contribution < 1.29 is 14.3 Å². The molecule has 3 aromatic heterocycles. The van der Waals surface area contributed by atoms with E-state index in [9.17, 15) is 9.59 Å². The number of pyridine rings is 1. The molecule has 5 rings (SSSR count). The maximum absolute atomic E-state index is 12.6. The Morgan fingerprint density at radius 1 is 1.06 bits per heavy atom. The van der Waals surface area contributed by atoms with E-state index >= 15 is 0 Å².